The Hall–Kier alpha value is -8.00. The zero-order chi connectivity index (χ0) is 44.6. The van der Waals surface area contributed by atoms with Gasteiger partial charge in [-0.05, 0) is 132 Å². The first-order valence-electron chi connectivity index (χ1n) is 23.2. The molecular formula is C65H49N. The van der Waals surface area contributed by atoms with Gasteiger partial charge in [0, 0.05) is 22.2 Å². The largest absolute Gasteiger partial charge is 0.309 e. The average molecular weight is 844 g/mol. The molecule has 1 unspecified atom stereocenters. The van der Waals surface area contributed by atoms with Crippen molar-refractivity contribution in [2.45, 2.75) is 31.6 Å². The van der Waals surface area contributed by atoms with Crippen molar-refractivity contribution in [3.63, 3.8) is 0 Å². The second kappa shape index (κ2) is 15.3. The van der Waals surface area contributed by atoms with Gasteiger partial charge in [0.15, 0.2) is 0 Å². The molecule has 0 saturated carbocycles. The van der Waals surface area contributed by atoms with Gasteiger partial charge >= 0.3 is 0 Å². The van der Waals surface area contributed by atoms with Crippen LogP contribution in [0.1, 0.15) is 59.7 Å². The third-order valence-electron chi connectivity index (χ3n) is 14.6. The number of allylic oxidation sites excluding steroid dienone is 5. The van der Waals surface area contributed by atoms with Crippen LogP contribution in [-0.4, -0.2) is 0 Å². The van der Waals surface area contributed by atoms with Crippen LogP contribution in [0.5, 0.6) is 0 Å². The maximum Gasteiger partial charge on any atom is 0.0726 e. The summed E-state index contributed by atoms with van der Waals surface area (Å²) in [5.74, 6) is 0. The second-order valence-corrected chi connectivity index (χ2v) is 18.3. The molecule has 3 aliphatic rings. The van der Waals surface area contributed by atoms with E-state index < -0.39 is 5.41 Å². The molecule has 9 aromatic rings. The third kappa shape index (κ3) is 5.73. The molecule has 0 bridgehead atoms. The van der Waals surface area contributed by atoms with E-state index in [0.29, 0.717) is 0 Å². The first kappa shape index (κ1) is 39.6. The summed E-state index contributed by atoms with van der Waals surface area (Å²) in [5.41, 5.74) is 25.6. The molecule has 1 spiro atoms. The van der Waals surface area contributed by atoms with Gasteiger partial charge in [-0.15, -0.1) is 0 Å². The second-order valence-electron chi connectivity index (χ2n) is 18.3. The van der Waals surface area contributed by atoms with Gasteiger partial charge in [0.05, 0.1) is 16.8 Å². The van der Waals surface area contributed by atoms with Gasteiger partial charge in [-0.3, -0.25) is 0 Å². The standard InChI is InChI=1S/C65H49N/c1-5-7-20-43(6-2)46-23-17-24-47(41-46)48-37-40-51-50-25-11-15-29-55(50)65(59(51)42-48)56-30-16-13-27-53(56)63-58(65)32-19-34-61(63)66(49-38-35-45(36-39-49)44-21-9-8-10-22-44)60-33-18-31-57-62(60)52-26-12-14-28-54(52)64(57,3)4/h5-42H,1H2,2-4H3/b20-7-,43-6+. The number of hydrogen-bond acceptors (Lipinski definition) is 1. The molecule has 314 valence electrons. The van der Waals surface area contributed by atoms with E-state index in [0.717, 1.165) is 5.69 Å². The predicted molar refractivity (Wildman–Crippen MR) is 279 cm³/mol. The monoisotopic (exact) mass is 843 g/mol. The van der Waals surface area contributed by atoms with Crippen LogP contribution in [-0.2, 0) is 10.8 Å². The highest BCUT2D eigenvalue weighted by molar-refractivity contribution is 6.04. The number of fused-ring (bicyclic) bond motifs is 13. The molecule has 0 N–H and O–H groups in total. The highest BCUT2D eigenvalue weighted by Gasteiger charge is 2.52. The molecule has 0 amide bonds. The highest BCUT2D eigenvalue weighted by Crippen LogP contribution is 2.65. The lowest BCUT2D eigenvalue weighted by Crippen LogP contribution is -2.26. The van der Waals surface area contributed by atoms with Crippen LogP contribution >= 0.6 is 0 Å². The van der Waals surface area contributed by atoms with E-state index in [2.05, 4.69) is 251 Å². The minimum absolute atomic E-state index is 0.148. The molecule has 3 aliphatic carbocycles. The molecule has 1 atom stereocenters. The van der Waals surface area contributed by atoms with Gasteiger partial charge < -0.3 is 4.90 Å². The van der Waals surface area contributed by atoms with Gasteiger partial charge in [0.1, 0.15) is 0 Å². The van der Waals surface area contributed by atoms with Crippen molar-refractivity contribution in [3.05, 3.63) is 276 Å². The summed E-state index contributed by atoms with van der Waals surface area (Å²) in [4.78, 5) is 2.56. The van der Waals surface area contributed by atoms with Gasteiger partial charge in [-0.1, -0.05) is 215 Å². The molecule has 0 aliphatic heterocycles. The van der Waals surface area contributed by atoms with Crippen molar-refractivity contribution in [2.75, 3.05) is 4.90 Å². The quantitative estimate of drug-likeness (QED) is 0.138. The summed E-state index contributed by atoms with van der Waals surface area (Å²) in [5, 5.41) is 0. The Bertz CT molecular complexity index is 3470. The number of rotatable bonds is 8. The summed E-state index contributed by atoms with van der Waals surface area (Å²) in [6.45, 7) is 10.8. The van der Waals surface area contributed by atoms with Crippen LogP contribution in [0.25, 0.3) is 61.2 Å². The van der Waals surface area contributed by atoms with Gasteiger partial charge in [0.25, 0.3) is 0 Å². The fourth-order valence-electron chi connectivity index (χ4n) is 11.7. The molecule has 9 aromatic carbocycles. The van der Waals surface area contributed by atoms with Crippen LogP contribution in [0.2, 0.25) is 0 Å². The topological polar surface area (TPSA) is 3.24 Å². The smallest absolute Gasteiger partial charge is 0.0726 e. The Balaban J connectivity index is 1.12. The predicted octanol–water partition coefficient (Wildman–Crippen LogP) is 17.3. The Labute approximate surface area is 389 Å². The van der Waals surface area contributed by atoms with Gasteiger partial charge in [0.2, 0.25) is 0 Å². The van der Waals surface area contributed by atoms with E-state index in [-0.39, 0.29) is 5.41 Å². The summed E-state index contributed by atoms with van der Waals surface area (Å²) in [6.07, 6.45) is 8.14. The Morgan fingerprint density at radius 1 is 0.439 bits per heavy atom. The van der Waals surface area contributed by atoms with E-state index in [1.165, 1.54) is 112 Å². The van der Waals surface area contributed by atoms with Crippen molar-refractivity contribution in [1.82, 2.24) is 0 Å². The average Bonchev–Trinajstić information content (AvgIpc) is 3.94. The van der Waals surface area contributed by atoms with Crippen LogP contribution in [0.15, 0.2) is 237 Å². The van der Waals surface area contributed by atoms with Crippen LogP contribution in [0, 0.1) is 0 Å². The number of hydrogen-bond donors (Lipinski definition) is 0. The van der Waals surface area contributed by atoms with E-state index >= 15 is 0 Å². The zero-order valence-electron chi connectivity index (χ0n) is 37.6. The first-order valence-corrected chi connectivity index (χ1v) is 23.2. The van der Waals surface area contributed by atoms with Crippen LogP contribution in [0.4, 0.5) is 17.1 Å². The van der Waals surface area contributed by atoms with Crippen molar-refractivity contribution in [3.8, 4) is 55.6 Å². The summed E-state index contributed by atoms with van der Waals surface area (Å²) in [7, 11) is 0. The van der Waals surface area contributed by atoms with Crippen LogP contribution in [0.3, 0.4) is 0 Å². The lowest BCUT2D eigenvalue weighted by Gasteiger charge is -2.33. The first-order chi connectivity index (χ1) is 32.4. The normalized spacial score (nSPS) is 15.8. The Morgan fingerprint density at radius 3 is 1.67 bits per heavy atom. The molecule has 0 saturated heterocycles. The Morgan fingerprint density at radius 2 is 0.955 bits per heavy atom. The Kier molecular flexibility index (Phi) is 9.19. The summed E-state index contributed by atoms with van der Waals surface area (Å²) in [6, 6.07) is 77.4. The maximum atomic E-state index is 3.91. The lowest BCUT2D eigenvalue weighted by atomic mass is 9.70. The molecule has 0 fully saturated rings. The molecule has 0 radical (unpaired) electrons. The van der Waals surface area contributed by atoms with Crippen molar-refractivity contribution in [2.24, 2.45) is 0 Å². The van der Waals surface area contributed by atoms with Gasteiger partial charge in [-0.25, -0.2) is 0 Å². The molecule has 66 heavy (non-hydrogen) atoms. The van der Waals surface area contributed by atoms with Crippen molar-refractivity contribution in [1.29, 1.82) is 0 Å². The molecule has 0 aromatic heterocycles. The summed E-state index contributed by atoms with van der Waals surface area (Å²) < 4.78 is 0. The van der Waals surface area contributed by atoms with Crippen LogP contribution < -0.4 is 4.90 Å². The molecule has 12 rings (SSSR count). The number of nitrogens with zero attached hydrogens (tertiary/aromatic N) is 1. The van der Waals surface area contributed by atoms with E-state index in [1.807, 2.05) is 12.2 Å². The minimum atomic E-state index is -0.543. The molecule has 0 heterocycles. The third-order valence-corrected chi connectivity index (χ3v) is 14.6. The lowest BCUT2D eigenvalue weighted by molar-refractivity contribution is 0.660. The van der Waals surface area contributed by atoms with Crippen molar-refractivity contribution < 1.29 is 0 Å². The fraction of sp³-hybridized carbons (Fsp3) is 0.0769. The SMILES string of the molecule is C=C/C=C\C(=C/C)c1cccc(-c2ccc3c(c2)C2(c4ccccc4-3)c3ccccc3-c3c(N(c4ccc(-c5ccccc5)cc4)c4cccc5c4-c4ccccc4C5(C)C)cccc32)c1. The minimum Gasteiger partial charge on any atom is -0.309 e. The van der Waals surface area contributed by atoms with Gasteiger partial charge in [-0.2, -0.15) is 0 Å². The van der Waals surface area contributed by atoms with E-state index in [4.69, 9.17) is 0 Å². The maximum absolute atomic E-state index is 3.91. The van der Waals surface area contributed by atoms with E-state index in [1.54, 1.807) is 0 Å². The number of benzene rings is 9. The number of anilines is 3. The zero-order valence-corrected chi connectivity index (χ0v) is 37.6. The molecule has 1 nitrogen and oxygen atoms in total. The van der Waals surface area contributed by atoms with Crippen molar-refractivity contribution >= 4 is 22.6 Å². The highest BCUT2D eigenvalue weighted by atomic mass is 15.1. The molecular weight excluding hydrogens is 795 g/mol. The summed E-state index contributed by atoms with van der Waals surface area (Å²) >= 11 is 0. The molecule has 1 heteroatoms. The van der Waals surface area contributed by atoms with E-state index in [9.17, 15) is 0 Å². The fourth-order valence-corrected chi connectivity index (χ4v) is 11.7.